The van der Waals surface area contributed by atoms with Crippen molar-refractivity contribution in [1.82, 2.24) is 19.9 Å². The van der Waals surface area contributed by atoms with E-state index >= 15 is 0 Å². The van der Waals surface area contributed by atoms with Crippen molar-refractivity contribution in [1.29, 1.82) is 0 Å². The first-order chi connectivity index (χ1) is 11.2. The van der Waals surface area contributed by atoms with Crippen molar-refractivity contribution in [2.75, 3.05) is 19.6 Å². The molecule has 0 aromatic carbocycles. The molecule has 1 amide bonds. The molecule has 6 nitrogen and oxygen atoms in total. The van der Waals surface area contributed by atoms with Crippen molar-refractivity contribution in [3.63, 3.8) is 0 Å². The lowest BCUT2D eigenvalue weighted by Gasteiger charge is -2.35. The molecule has 126 valence electrons. The van der Waals surface area contributed by atoms with E-state index in [1.54, 1.807) is 0 Å². The van der Waals surface area contributed by atoms with Crippen LogP contribution in [0.25, 0.3) is 0 Å². The average Bonchev–Trinajstić information content (AvgIpc) is 3.10. The molecular formula is C17H26N4O2. The smallest absolute Gasteiger partial charge is 0.237 e. The molecule has 4 rings (SSSR count). The Morgan fingerprint density at radius 2 is 2.04 bits per heavy atom. The zero-order chi connectivity index (χ0) is 15.8. The second kappa shape index (κ2) is 6.23. The standard InChI is InChI=1S/C17H26N4O2/c1-12-5-2-3-10-21(12)15(22)11-20-9-4-6-14(20)16-18-17(23-19-16)13-7-8-13/h12-14H,2-11H2,1H3/t12-,14-/m1/s1. The van der Waals surface area contributed by atoms with Crippen LogP contribution in [0.3, 0.4) is 0 Å². The largest absolute Gasteiger partial charge is 0.339 e. The van der Waals surface area contributed by atoms with E-state index in [4.69, 9.17) is 4.52 Å². The molecule has 3 aliphatic rings. The lowest BCUT2D eigenvalue weighted by molar-refractivity contribution is -0.135. The summed E-state index contributed by atoms with van der Waals surface area (Å²) in [7, 11) is 0. The third kappa shape index (κ3) is 3.13. The summed E-state index contributed by atoms with van der Waals surface area (Å²) in [5.41, 5.74) is 0. The predicted octanol–water partition coefficient (Wildman–Crippen LogP) is 2.48. The fourth-order valence-electron chi connectivity index (χ4n) is 3.92. The van der Waals surface area contributed by atoms with Gasteiger partial charge in [-0.2, -0.15) is 4.98 Å². The molecule has 1 saturated carbocycles. The summed E-state index contributed by atoms with van der Waals surface area (Å²) in [5.74, 6) is 2.32. The zero-order valence-electron chi connectivity index (χ0n) is 13.9. The van der Waals surface area contributed by atoms with E-state index in [0.717, 1.165) is 50.5 Å². The number of aromatic nitrogens is 2. The topological polar surface area (TPSA) is 62.5 Å². The number of likely N-dealkylation sites (tertiary alicyclic amines) is 2. The van der Waals surface area contributed by atoms with Gasteiger partial charge < -0.3 is 9.42 Å². The fourth-order valence-corrected chi connectivity index (χ4v) is 3.92. The van der Waals surface area contributed by atoms with E-state index < -0.39 is 0 Å². The van der Waals surface area contributed by atoms with Gasteiger partial charge in [0.05, 0.1) is 12.6 Å². The Hall–Kier alpha value is -1.43. The van der Waals surface area contributed by atoms with Gasteiger partial charge in [0.1, 0.15) is 0 Å². The van der Waals surface area contributed by atoms with Crippen molar-refractivity contribution in [2.24, 2.45) is 0 Å². The quantitative estimate of drug-likeness (QED) is 0.853. The molecule has 1 aromatic heterocycles. The van der Waals surface area contributed by atoms with Gasteiger partial charge >= 0.3 is 0 Å². The predicted molar refractivity (Wildman–Crippen MR) is 84.8 cm³/mol. The van der Waals surface area contributed by atoms with Crippen LogP contribution >= 0.6 is 0 Å². The lowest BCUT2D eigenvalue weighted by atomic mass is 10.0. The van der Waals surface area contributed by atoms with Crippen LogP contribution in [0.5, 0.6) is 0 Å². The Bertz CT molecular complexity index is 569. The summed E-state index contributed by atoms with van der Waals surface area (Å²) >= 11 is 0. The molecule has 6 heteroatoms. The third-order valence-electron chi connectivity index (χ3n) is 5.51. The molecule has 0 unspecified atom stereocenters. The van der Waals surface area contributed by atoms with Gasteiger partial charge in [0, 0.05) is 18.5 Å². The van der Waals surface area contributed by atoms with Gasteiger partial charge in [-0.15, -0.1) is 0 Å². The molecular weight excluding hydrogens is 292 g/mol. The van der Waals surface area contributed by atoms with Crippen LogP contribution in [-0.2, 0) is 4.79 Å². The Morgan fingerprint density at radius 1 is 1.17 bits per heavy atom. The normalized spacial score (nSPS) is 29.2. The monoisotopic (exact) mass is 318 g/mol. The Kier molecular flexibility index (Phi) is 4.09. The van der Waals surface area contributed by atoms with Crippen LogP contribution in [-0.4, -0.2) is 51.5 Å². The molecule has 0 bridgehead atoms. The minimum atomic E-state index is 0.148. The van der Waals surface area contributed by atoms with Crippen molar-refractivity contribution >= 4 is 5.91 Å². The third-order valence-corrected chi connectivity index (χ3v) is 5.51. The number of nitrogens with zero attached hydrogens (tertiary/aromatic N) is 4. The van der Waals surface area contributed by atoms with Crippen LogP contribution in [0.15, 0.2) is 4.52 Å². The van der Waals surface area contributed by atoms with E-state index in [9.17, 15) is 4.79 Å². The van der Waals surface area contributed by atoms with Gasteiger partial charge in [-0.3, -0.25) is 9.69 Å². The molecule has 2 aliphatic heterocycles. The van der Waals surface area contributed by atoms with Crippen molar-refractivity contribution in [3.05, 3.63) is 11.7 Å². The average molecular weight is 318 g/mol. The van der Waals surface area contributed by atoms with Gasteiger partial charge in [-0.25, -0.2) is 0 Å². The van der Waals surface area contributed by atoms with Crippen molar-refractivity contribution in [2.45, 2.75) is 69.9 Å². The number of rotatable bonds is 4. The number of hydrogen-bond acceptors (Lipinski definition) is 5. The van der Waals surface area contributed by atoms with E-state index in [1.165, 1.54) is 19.3 Å². The Labute approximate surface area is 137 Å². The van der Waals surface area contributed by atoms with Crippen molar-refractivity contribution < 1.29 is 9.32 Å². The molecule has 0 N–H and O–H groups in total. The number of piperidine rings is 1. The van der Waals surface area contributed by atoms with Crippen LogP contribution in [0.4, 0.5) is 0 Å². The molecule has 23 heavy (non-hydrogen) atoms. The summed E-state index contributed by atoms with van der Waals surface area (Å²) in [6.45, 7) is 4.51. The highest BCUT2D eigenvalue weighted by Crippen LogP contribution is 2.40. The molecule has 1 aliphatic carbocycles. The second-order valence-corrected chi connectivity index (χ2v) is 7.33. The van der Waals surface area contributed by atoms with Crippen molar-refractivity contribution in [3.8, 4) is 0 Å². The van der Waals surface area contributed by atoms with Crippen LogP contribution in [0, 0.1) is 0 Å². The highest BCUT2D eigenvalue weighted by Gasteiger charge is 2.35. The molecule has 0 spiro atoms. The molecule has 0 radical (unpaired) electrons. The zero-order valence-corrected chi connectivity index (χ0v) is 13.9. The number of hydrogen-bond donors (Lipinski definition) is 0. The van der Waals surface area contributed by atoms with Gasteiger partial charge in [-0.05, 0) is 58.4 Å². The van der Waals surface area contributed by atoms with Gasteiger partial charge in [0.2, 0.25) is 11.8 Å². The van der Waals surface area contributed by atoms with Crippen LogP contribution in [0.2, 0.25) is 0 Å². The lowest BCUT2D eigenvalue weighted by Crippen LogP contribution is -2.46. The highest BCUT2D eigenvalue weighted by molar-refractivity contribution is 5.78. The fraction of sp³-hybridized carbons (Fsp3) is 0.824. The summed E-state index contributed by atoms with van der Waals surface area (Å²) in [6.07, 6.45) is 7.96. The van der Waals surface area contributed by atoms with Crippen LogP contribution in [0.1, 0.15) is 75.5 Å². The molecule has 3 fully saturated rings. The Balaban J connectivity index is 1.41. The first kappa shape index (κ1) is 15.1. The summed E-state index contributed by atoms with van der Waals surface area (Å²) < 4.78 is 5.40. The van der Waals surface area contributed by atoms with Crippen LogP contribution < -0.4 is 0 Å². The van der Waals surface area contributed by atoms with E-state index in [-0.39, 0.29) is 11.9 Å². The van der Waals surface area contributed by atoms with Gasteiger partial charge in [0.15, 0.2) is 5.82 Å². The minimum absolute atomic E-state index is 0.148. The number of amides is 1. The summed E-state index contributed by atoms with van der Waals surface area (Å²) in [5, 5.41) is 4.19. The molecule has 1 aromatic rings. The summed E-state index contributed by atoms with van der Waals surface area (Å²) in [6, 6.07) is 0.527. The molecule has 2 saturated heterocycles. The van der Waals surface area contributed by atoms with E-state index in [2.05, 4.69) is 26.9 Å². The Morgan fingerprint density at radius 3 is 2.83 bits per heavy atom. The minimum Gasteiger partial charge on any atom is -0.339 e. The van der Waals surface area contributed by atoms with E-state index in [1.807, 2.05) is 0 Å². The number of carbonyl (C=O) groups excluding carboxylic acids is 1. The molecule has 3 heterocycles. The maximum atomic E-state index is 12.7. The first-order valence-corrected chi connectivity index (χ1v) is 9.09. The first-order valence-electron chi connectivity index (χ1n) is 9.09. The SMILES string of the molecule is C[C@@H]1CCCCN1C(=O)CN1CCC[C@@H]1c1noc(C2CC2)n1. The summed E-state index contributed by atoms with van der Waals surface area (Å²) in [4.78, 5) is 21.6. The second-order valence-electron chi connectivity index (χ2n) is 7.33. The van der Waals surface area contributed by atoms with Gasteiger partial charge in [-0.1, -0.05) is 5.16 Å². The highest BCUT2D eigenvalue weighted by atomic mass is 16.5. The maximum absolute atomic E-state index is 12.7. The van der Waals surface area contributed by atoms with Gasteiger partial charge in [0.25, 0.3) is 0 Å². The maximum Gasteiger partial charge on any atom is 0.237 e. The number of carbonyl (C=O) groups is 1. The molecule has 2 atom stereocenters. The van der Waals surface area contributed by atoms with E-state index in [0.29, 0.717) is 18.5 Å².